The number of hydrogen-bond donors (Lipinski definition) is 1. The molecule has 1 saturated heterocycles. The maximum Gasteiger partial charge on any atom is 0.318 e. The van der Waals surface area contributed by atoms with E-state index in [-0.39, 0.29) is 17.9 Å². The number of carbonyl (C=O) groups is 1. The molecule has 1 atom stereocenters. The summed E-state index contributed by atoms with van der Waals surface area (Å²) in [5, 5.41) is 2.89. The number of ether oxygens (including phenoxy) is 1. The fourth-order valence-corrected chi connectivity index (χ4v) is 2.51. The lowest BCUT2D eigenvalue weighted by Crippen LogP contribution is -2.51. The first-order valence-electron chi connectivity index (χ1n) is 7.51. The number of amides is 2. The van der Waals surface area contributed by atoms with Crippen LogP contribution in [-0.4, -0.2) is 55.7 Å². The Bertz CT molecular complexity index is 522. The number of benzene rings is 1. The predicted molar refractivity (Wildman–Crippen MR) is 83.0 cm³/mol. The summed E-state index contributed by atoms with van der Waals surface area (Å²) in [5.41, 5.74) is 1.53. The van der Waals surface area contributed by atoms with Gasteiger partial charge >= 0.3 is 6.03 Å². The Balaban J connectivity index is 1.94. The summed E-state index contributed by atoms with van der Waals surface area (Å²) >= 11 is 0. The third kappa shape index (κ3) is 4.42. The Morgan fingerprint density at radius 3 is 2.95 bits per heavy atom. The molecule has 1 unspecified atom stereocenters. The van der Waals surface area contributed by atoms with Gasteiger partial charge in [0, 0.05) is 25.2 Å². The molecule has 1 heterocycles. The van der Waals surface area contributed by atoms with Crippen molar-refractivity contribution >= 4 is 6.03 Å². The van der Waals surface area contributed by atoms with Gasteiger partial charge in [0.1, 0.15) is 5.82 Å². The highest BCUT2D eigenvalue weighted by Gasteiger charge is 2.23. The Labute approximate surface area is 131 Å². The van der Waals surface area contributed by atoms with Crippen LogP contribution in [0.1, 0.15) is 18.1 Å². The van der Waals surface area contributed by atoms with Crippen LogP contribution in [0.4, 0.5) is 9.18 Å². The van der Waals surface area contributed by atoms with Crippen molar-refractivity contribution < 1.29 is 13.9 Å². The monoisotopic (exact) mass is 309 g/mol. The molecule has 0 radical (unpaired) electrons. The summed E-state index contributed by atoms with van der Waals surface area (Å²) < 4.78 is 19.1. The van der Waals surface area contributed by atoms with Crippen LogP contribution in [0.3, 0.4) is 0 Å². The van der Waals surface area contributed by atoms with Gasteiger partial charge in [-0.3, -0.25) is 0 Å². The molecule has 1 aliphatic rings. The van der Waals surface area contributed by atoms with E-state index in [1.165, 1.54) is 6.07 Å². The minimum absolute atomic E-state index is 0.0752. The highest BCUT2D eigenvalue weighted by molar-refractivity contribution is 5.74. The zero-order valence-electron chi connectivity index (χ0n) is 13.4. The molecule has 22 heavy (non-hydrogen) atoms. The predicted octanol–water partition coefficient (Wildman–Crippen LogP) is 1.82. The highest BCUT2D eigenvalue weighted by atomic mass is 19.1. The van der Waals surface area contributed by atoms with E-state index in [0.717, 1.165) is 5.56 Å². The zero-order chi connectivity index (χ0) is 16.1. The van der Waals surface area contributed by atoms with E-state index in [1.807, 2.05) is 25.9 Å². The number of urea groups is 1. The first kappa shape index (κ1) is 16.7. The van der Waals surface area contributed by atoms with Crippen LogP contribution in [-0.2, 0) is 17.8 Å². The topological polar surface area (TPSA) is 44.8 Å². The standard InChI is InChI=1S/C16H24FN3O2/c1-12-11-22-7-6-20(12)16(21)18-9-13-4-5-15(17)14(8-13)10-19(2)3/h4-5,8,12H,6-7,9-11H2,1-3H3,(H,18,21). The molecular weight excluding hydrogens is 285 g/mol. The zero-order valence-corrected chi connectivity index (χ0v) is 13.4. The Morgan fingerprint density at radius 1 is 1.50 bits per heavy atom. The molecule has 2 amide bonds. The Hall–Kier alpha value is -1.66. The number of rotatable bonds is 4. The normalized spacial score (nSPS) is 18.6. The van der Waals surface area contributed by atoms with E-state index in [0.29, 0.717) is 38.4 Å². The fourth-order valence-electron chi connectivity index (χ4n) is 2.51. The minimum atomic E-state index is -0.217. The molecule has 122 valence electrons. The molecule has 6 heteroatoms. The van der Waals surface area contributed by atoms with Gasteiger partial charge in [0.2, 0.25) is 0 Å². The van der Waals surface area contributed by atoms with Crippen LogP contribution < -0.4 is 5.32 Å². The molecule has 0 bridgehead atoms. The number of halogens is 1. The van der Waals surface area contributed by atoms with Gasteiger partial charge in [0.25, 0.3) is 0 Å². The van der Waals surface area contributed by atoms with Crippen LogP contribution in [0.15, 0.2) is 18.2 Å². The van der Waals surface area contributed by atoms with Gasteiger partial charge in [0.05, 0.1) is 19.3 Å². The molecule has 2 rings (SSSR count). The lowest BCUT2D eigenvalue weighted by Gasteiger charge is -2.33. The summed E-state index contributed by atoms with van der Waals surface area (Å²) in [4.78, 5) is 15.9. The number of nitrogens with one attached hydrogen (secondary N) is 1. The van der Waals surface area contributed by atoms with Crippen molar-refractivity contribution in [3.8, 4) is 0 Å². The minimum Gasteiger partial charge on any atom is -0.377 e. The second kappa shape index (κ2) is 7.56. The van der Waals surface area contributed by atoms with Crippen molar-refractivity contribution in [1.29, 1.82) is 0 Å². The van der Waals surface area contributed by atoms with Crippen molar-refractivity contribution in [2.75, 3.05) is 33.9 Å². The smallest absolute Gasteiger partial charge is 0.318 e. The van der Waals surface area contributed by atoms with Crippen LogP contribution in [0.2, 0.25) is 0 Å². The maximum absolute atomic E-state index is 13.7. The van der Waals surface area contributed by atoms with Gasteiger partial charge in [-0.2, -0.15) is 0 Å². The molecule has 1 aromatic rings. The third-order valence-corrected chi connectivity index (χ3v) is 3.67. The molecule has 1 aliphatic heterocycles. The van der Waals surface area contributed by atoms with Gasteiger partial charge in [0.15, 0.2) is 0 Å². The van der Waals surface area contributed by atoms with Gasteiger partial charge in [-0.15, -0.1) is 0 Å². The Morgan fingerprint density at radius 2 is 2.27 bits per heavy atom. The first-order valence-corrected chi connectivity index (χ1v) is 7.51. The van der Waals surface area contributed by atoms with Gasteiger partial charge < -0.3 is 19.9 Å². The molecule has 0 aliphatic carbocycles. The Kier molecular flexibility index (Phi) is 5.74. The molecule has 0 saturated carbocycles. The average molecular weight is 309 g/mol. The van der Waals surface area contributed by atoms with E-state index in [4.69, 9.17) is 4.74 Å². The first-order chi connectivity index (χ1) is 10.5. The number of morpholine rings is 1. The van der Waals surface area contributed by atoms with E-state index in [1.54, 1.807) is 17.0 Å². The molecule has 0 spiro atoms. The third-order valence-electron chi connectivity index (χ3n) is 3.67. The molecule has 1 N–H and O–H groups in total. The van der Waals surface area contributed by atoms with Crippen molar-refractivity contribution in [2.24, 2.45) is 0 Å². The SMILES string of the molecule is CC1COCCN1C(=O)NCc1ccc(F)c(CN(C)C)c1. The van der Waals surface area contributed by atoms with Gasteiger partial charge in [-0.1, -0.05) is 6.07 Å². The summed E-state index contributed by atoms with van der Waals surface area (Å²) in [6, 6.07) is 4.94. The van der Waals surface area contributed by atoms with E-state index in [2.05, 4.69) is 5.32 Å². The maximum atomic E-state index is 13.7. The molecule has 5 nitrogen and oxygen atoms in total. The molecule has 1 fully saturated rings. The van der Waals surface area contributed by atoms with Crippen molar-refractivity contribution in [3.05, 3.63) is 35.1 Å². The van der Waals surface area contributed by atoms with E-state index in [9.17, 15) is 9.18 Å². The molecule has 0 aromatic heterocycles. The van der Waals surface area contributed by atoms with Crippen LogP contribution >= 0.6 is 0 Å². The van der Waals surface area contributed by atoms with Crippen molar-refractivity contribution in [1.82, 2.24) is 15.1 Å². The quantitative estimate of drug-likeness (QED) is 0.923. The summed E-state index contributed by atoms with van der Waals surface area (Å²) in [5.74, 6) is -0.217. The molecular formula is C16H24FN3O2. The lowest BCUT2D eigenvalue weighted by atomic mass is 10.1. The summed E-state index contributed by atoms with van der Waals surface area (Å²) in [7, 11) is 3.79. The van der Waals surface area contributed by atoms with Crippen LogP contribution in [0, 0.1) is 5.82 Å². The van der Waals surface area contributed by atoms with E-state index < -0.39 is 0 Å². The van der Waals surface area contributed by atoms with Crippen LogP contribution in [0.5, 0.6) is 0 Å². The number of nitrogens with zero attached hydrogens (tertiary/aromatic N) is 2. The fraction of sp³-hybridized carbons (Fsp3) is 0.562. The molecule has 1 aromatic carbocycles. The van der Waals surface area contributed by atoms with Crippen molar-refractivity contribution in [2.45, 2.75) is 26.1 Å². The largest absolute Gasteiger partial charge is 0.377 e. The summed E-state index contributed by atoms with van der Waals surface area (Å²) in [6.07, 6.45) is 0. The van der Waals surface area contributed by atoms with Crippen LogP contribution in [0.25, 0.3) is 0 Å². The highest BCUT2D eigenvalue weighted by Crippen LogP contribution is 2.13. The summed E-state index contributed by atoms with van der Waals surface area (Å²) in [6.45, 7) is 4.63. The van der Waals surface area contributed by atoms with Gasteiger partial charge in [-0.05, 0) is 38.7 Å². The van der Waals surface area contributed by atoms with Gasteiger partial charge in [-0.25, -0.2) is 9.18 Å². The second-order valence-electron chi connectivity index (χ2n) is 5.94. The lowest BCUT2D eigenvalue weighted by molar-refractivity contribution is 0.0190. The van der Waals surface area contributed by atoms with E-state index >= 15 is 0 Å². The second-order valence-corrected chi connectivity index (χ2v) is 5.94. The number of hydrogen-bond acceptors (Lipinski definition) is 3. The average Bonchev–Trinajstić information content (AvgIpc) is 2.47. The van der Waals surface area contributed by atoms with Crippen molar-refractivity contribution in [3.63, 3.8) is 0 Å². The number of carbonyl (C=O) groups excluding carboxylic acids is 1.